The van der Waals surface area contributed by atoms with E-state index in [0.717, 1.165) is 31.4 Å². The van der Waals surface area contributed by atoms with Crippen molar-refractivity contribution in [2.24, 2.45) is 0 Å². The topological polar surface area (TPSA) is 93.2 Å². The zero-order valence-corrected chi connectivity index (χ0v) is 18.6. The lowest BCUT2D eigenvalue weighted by Crippen LogP contribution is -2.34. The fourth-order valence-corrected chi connectivity index (χ4v) is 4.33. The van der Waals surface area contributed by atoms with Crippen LogP contribution >= 0.6 is 11.3 Å². The fourth-order valence-electron chi connectivity index (χ4n) is 3.68. The summed E-state index contributed by atoms with van der Waals surface area (Å²) in [5.74, 6) is 0.256. The van der Waals surface area contributed by atoms with Crippen molar-refractivity contribution >= 4 is 28.8 Å². The Hall–Kier alpha value is -3.26. The number of hydrogen-bond donors (Lipinski definition) is 2. The molecule has 1 aromatic heterocycles. The van der Waals surface area contributed by atoms with E-state index < -0.39 is 0 Å². The van der Waals surface area contributed by atoms with Crippen molar-refractivity contribution in [1.82, 2.24) is 15.5 Å². The van der Waals surface area contributed by atoms with E-state index >= 15 is 0 Å². The van der Waals surface area contributed by atoms with Crippen molar-refractivity contribution in [2.45, 2.75) is 51.2 Å². The van der Waals surface area contributed by atoms with Crippen molar-refractivity contribution in [3.8, 4) is 5.75 Å². The third kappa shape index (κ3) is 6.13. The Labute approximate surface area is 191 Å². The summed E-state index contributed by atoms with van der Waals surface area (Å²) in [6.45, 7) is 0.242. The van der Waals surface area contributed by atoms with Crippen LogP contribution in [0.3, 0.4) is 0 Å². The molecule has 3 aromatic rings. The van der Waals surface area contributed by atoms with Crippen LogP contribution in [-0.2, 0) is 6.61 Å². The number of carbonyl (C=O) groups excluding carboxylic acids is 2. The lowest BCUT2D eigenvalue weighted by molar-refractivity contribution is 0.0932. The van der Waals surface area contributed by atoms with Gasteiger partial charge in [0.2, 0.25) is 5.01 Å². The molecule has 32 heavy (non-hydrogen) atoms. The van der Waals surface area contributed by atoms with Crippen LogP contribution in [0.15, 0.2) is 54.6 Å². The van der Waals surface area contributed by atoms with Gasteiger partial charge in [-0.05, 0) is 43.2 Å². The summed E-state index contributed by atoms with van der Waals surface area (Å²) in [5, 5.41) is 14.8. The lowest BCUT2D eigenvalue weighted by Gasteiger charge is -2.16. The van der Waals surface area contributed by atoms with Crippen molar-refractivity contribution in [3.63, 3.8) is 0 Å². The summed E-state index contributed by atoms with van der Waals surface area (Å²) >= 11 is 1.18. The van der Waals surface area contributed by atoms with Gasteiger partial charge in [-0.2, -0.15) is 0 Å². The molecule has 7 nitrogen and oxygen atoms in total. The summed E-state index contributed by atoms with van der Waals surface area (Å²) in [6, 6.07) is 16.6. The van der Waals surface area contributed by atoms with E-state index in [2.05, 4.69) is 20.8 Å². The molecule has 1 aliphatic rings. The Morgan fingerprint density at radius 3 is 2.50 bits per heavy atom. The predicted molar refractivity (Wildman–Crippen MR) is 124 cm³/mol. The van der Waals surface area contributed by atoms with Crippen LogP contribution in [0.4, 0.5) is 5.69 Å². The maximum atomic E-state index is 12.7. The van der Waals surface area contributed by atoms with Crippen LogP contribution in [-0.4, -0.2) is 28.1 Å². The molecule has 0 bridgehead atoms. The molecule has 0 aliphatic heterocycles. The minimum absolute atomic E-state index is 0.107. The second-order valence-electron chi connectivity index (χ2n) is 7.80. The van der Waals surface area contributed by atoms with E-state index in [4.69, 9.17) is 4.74 Å². The molecule has 0 atom stereocenters. The molecule has 4 rings (SSSR count). The first-order valence-electron chi connectivity index (χ1n) is 10.9. The molecule has 166 valence electrons. The molecule has 1 fully saturated rings. The molecule has 0 radical (unpaired) electrons. The monoisotopic (exact) mass is 450 g/mol. The van der Waals surface area contributed by atoms with Crippen LogP contribution < -0.4 is 15.4 Å². The van der Waals surface area contributed by atoms with Gasteiger partial charge in [0.1, 0.15) is 12.4 Å². The zero-order valence-electron chi connectivity index (χ0n) is 17.8. The second-order valence-corrected chi connectivity index (χ2v) is 8.86. The molecule has 0 saturated heterocycles. The van der Waals surface area contributed by atoms with Gasteiger partial charge in [0, 0.05) is 17.3 Å². The first-order valence-corrected chi connectivity index (χ1v) is 11.7. The average Bonchev–Trinajstić information content (AvgIpc) is 3.15. The van der Waals surface area contributed by atoms with Gasteiger partial charge >= 0.3 is 0 Å². The molecule has 8 heteroatoms. The minimum Gasteiger partial charge on any atom is -0.486 e. The van der Waals surface area contributed by atoms with Gasteiger partial charge in [-0.25, -0.2) is 0 Å². The van der Waals surface area contributed by atoms with Crippen LogP contribution in [0.25, 0.3) is 0 Å². The van der Waals surface area contributed by atoms with E-state index in [1.54, 1.807) is 24.3 Å². The first-order chi connectivity index (χ1) is 15.7. The van der Waals surface area contributed by atoms with Crippen molar-refractivity contribution in [1.29, 1.82) is 0 Å². The standard InChI is InChI=1S/C24H26N4O3S/c29-22(25-18-10-4-1-2-5-11-18)17-9-8-12-19(15-17)26-23(30)24-28-27-21(32-24)16-31-20-13-6-3-7-14-20/h3,6-9,12-15,18H,1-2,4-5,10-11,16H2,(H,25,29)(H,26,30). The van der Waals surface area contributed by atoms with Gasteiger partial charge in [0.05, 0.1) is 0 Å². The zero-order chi connectivity index (χ0) is 22.2. The van der Waals surface area contributed by atoms with E-state index in [1.165, 1.54) is 24.2 Å². The van der Waals surface area contributed by atoms with Crippen LogP contribution in [0.2, 0.25) is 0 Å². The van der Waals surface area contributed by atoms with Crippen LogP contribution in [0, 0.1) is 0 Å². The molecule has 1 saturated carbocycles. The van der Waals surface area contributed by atoms with Gasteiger partial charge in [-0.1, -0.05) is 61.3 Å². The average molecular weight is 451 g/mol. The number of carbonyl (C=O) groups is 2. The van der Waals surface area contributed by atoms with E-state index in [9.17, 15) is 9.59 Å². The number of amides is 2. The van der Waals surface area contributed by atoms with Gasteiger partial charge < -0.3 is 15.4 Å². The Kier molecular flexibility index (Phi) is 7.45. The highest BCUT2D eigenvalue weighted by atomic mass is 32.1. The highest BCUT2D eigenvalue weighted by molar-refractivity contribution is 7.13. The Balaban J connectivity index is 1.33. The highest BCUT2D eigenvalue weighted by Crippen LogP contribution is 2.19. The quantitative estimate of drug-likeness (QED) is 0.503. The van der Waals surface area contributed by atoms with Gasteiger partial charge in [-0.3, -0.25) is 9.59 Å². The molecular formula is C24H26N4O3S. The van der Waals surface area contributed by atoms with Crippen molar-refractivity contribution < 1.29 is 14.3 Å². The molecule has 1 heterocycles. The number of hydrogen-bond acceptors (Lipinski definition) is 6. The number of nitrogens with zero attached hydrogens (tertiary/aromatic N) is 2. The third-order valence-corrected chi connectivity index (χ3v) is 6.24. The lowest BCUT2D eigenvalue weighted by atomic mass is 10.1. The smallest absolute Gasteiger partial charge is 0.286 e. The van der Waals surface area contributed by atoms with Gasteiger partial charge in [-0.15, -0.1) is 10.2 Å². The molecule has 0 unspecified atom stereocenters. The second kappa shape index (κ2) is 10.9. The predicted octanol–water partition coefficient (Wildman–Crippen LogP) is 4.82. The van der Waals surface area contributed by atoms with E-state index in [-0.39, 0.29) is 29.5 Å². The summed E-state index contributed by atoms with van der Waals surface area (Å²) < 4.78 is 5.65. The SMILES string of the molecule is O=C(NC1CCCCCC1)c1cccc(NC(=O)c2nnc(COc3ccccc3)s2)c1. The fraction of sp³-hybridized carbons (Fsp3) is 0.333. The Morgan fingerprint density at radius 2 is 1.72 bits per heavy atom. The van der Waals surface area contributed by atoms with E-state index in [1.807, 2.05) is 30.3 Å². The minimum atomic E-state index is -0.366. The number of aromatic nitrogens is 2. The number of anilines is 1. The normalized spacial score (nSPS) is 14.4. The third-order valence-electron chi connectivity index (χ3n) is 5.34. The first kappa shape index (κ1) is 22.0. The summed E-state index contributed by atoms with van der Waals surface area (Å²) in [7, 11) is 0. The molecule has 2 aromatic carbocycles. The number of para-hydroxylation sites is 1. The van der Waals surface area contributed by atoms with Gasteiger partial charge in [0.15, 0.2) is 5.01 Å². The molecule has 1 aliphatic carbocycles. The molecule has 0 spiro atoms. The summed E-state index contributed by atoms with van der Waals surface area (Å²) in [6.07, 6.45) is 6.83. The van der Waals surface area contributed by atoms with E-state index in [0.29, 0.717) is 16.3 Å². The molecule has 2 N–H and O–H groups in total. The molecular weight excluding hydrogens is 424 g/mol. The number of benzene rings is 2. The number of ether oxygens (including phenoxy) is 1. The van der Waals surface area contributed by atoms with Gasteiger partial charge in [0.25, 0.3) is 11.8 Å². The van der Waals surface area contributed by atoms with Crippen LogP contribution in [0.1, 0.15) is 63.7 Å². The van der Waals surface area contributed by atoms with Crippen molar-refractivity contribution in [2.75, 3.05) is 5.32 Å². The van der Waals surface area contributed by atoms with Crippen molar-refractivity contribution in [3.05, 3.63) is 70.2 Å². The summed E-state index contributed by atoms with van der Waals surface area (Å²) in [5.41, 5.74) is 1.07. The largest absolute Gasteiger partial charge is 0.486 e. The highest BCUT2D eigenvalue weighted by Gasteiger charge is 2.17. The number of nitrogens with one attached hydrogen (secondary N) is 2. The van der Waals surface area contributed by atoms with Crippen LogP contribution in [0.5, 0.6) is 5.75 Å². The molecule has 2 amide bonds. The Bertz CT molecular complexity index is 1050. The maximum Gasteiger partial charge on any atom is 0.286 e. The summed E-state index contributed by atoms with van der Waals surface area (Å²) in [4.78, 5) is 25.3. The Morgan fingerprint density at radius 1 is 0.938 bits per heavy atom. The number of rotatable bonds is 7. The maximum absolute atomic E-state index is 12.7.